The smallest absolute Gasteiger partial charge is 0.254 e. The number of rotatable bonds is 8. The van der Waals surface area contributed by atoms with E-state index in [1.807, 2.05) is 67.4 Å². The molecule has 0 N–H and O–H groups in total. The monoisotopic (exact) mass is 374 g/mol. The summed E-state index contributed by atoms with van der Waals surface area (Å²) in [5.74, 6) is 0.827. The maximum atomic E-state index is 13.0. The van der Waals surface area contributed by atoms with Crippen LogP contribution in [0.4, 0.5) is 5.82 Å². The van der Waals surface area contributed by atoms with Gasteiger partial charge in [-0.3, -0.25) is 9.78 Å². The lowest BCUT2D eigenvalue weighted by molar-refractivity contribution is 0.0752. The van der Waals surface area contributed by atoms with Crippen LogP contribution in [-0.4, -0.2) is 40.9 Å². The molecule has 2 heterocycles. The van der Waals surface area contributed by atoms with Crippen LogP contribution in [-0.2, 0) is 13.0 Å². The number of carbonyl (C=O) groups is 1. The van der Waals surface area contributed by atoms with E-state index < -0.39 is 0 Å². The highest BCUT2D eigenvalue weighted by Crippen LogP contribution is 2.15. The van der Waals surface area contributed by atoms with Crippen LogP contribution < -0.4 is 4.90 Å². The van der Waals surface area contributed by atoms with Crippen molar-refractivity contribution >= 4 is 11.7 Å². The van der Waals surface area contributed by atoms with Crippen LogP contribution in [0.5, 0.6) is 0 Å². The lowest BCUT2D eigenvalue weighted by Gasteiger charge is -2.23. The first-order chi connectivity index (χ1) is 13.7. The molecule has 0 aliphatic carbocycles. The minimum atomic E-state index is 0.0255. The third-order valence-electron chi connectivity index (χ3n) is 4.75. The zero-order valence-electron chi connectivity index (χ0n) is 16.5. The molecule has 0 aliphatic heterocycles. The highest BCUT2D eigenvalue weighted by Gasteiger charge is 2.16. The number of aromatic nitrogens is 2. The maximum Gasteiger partial charge on any atom is 0.254 e. The number of pyridine rings is 2. The molecule has 1 aromatic carbocycles. The quantitative estimate of drug-likeness (QED) is 0.601. The average Bonchev–Trinajstić information content (AvgIpc) is 2.77. The fraction of sp³-hybridized carbons (Fsp3) is 0.261. The fourth-order valence-corrected chi connectivity index (χ4v) is 3.03. The summed E-state index contributed by atoms with van der Waals surface area (Å²) in [6, 6.07) is 17.8. The molecular formula is C23H26N4O. The van der Waals surface area contributed by atoms with Gasteiger partial charge in [0.25, 0.3) is 5.91 Å². The standard InChI is InChI=1S/C23H26N4O/c1-3-27(18-20-7-5-4-6-8-20)23(28)21-11-15-25-22(17-21)26(2)16-12-19-9-13-24-14-10-19/h4-11,13-15,17H,3,12,16,18H2,1-2H3. The van der Waals surface area contributed by atoms with Crippen LogP contribution in [0.1, 0.15) is 28.4 Å². The maximum absolute atomic E-state index is 13.0. The molecular weight excluding hydrogens is 348 g/mol. The minimum Gasteiger partial charge on any atom is -0.359 e. The predicted molar refractivity (Wildman–Crippen MR) is 112 cm³/mol. The van der Waals surface area contributed by atoms with Crippen molar-refractivity contribution in [3.05, 3.63) is 89.9 Å². The highest BCUT2D eigenvalue weighted by molar-refractivity contribution is 5.94. The van der Waals surface area contributed by atoms with Gasteiger partial charge in [-0.1, -0.05) is 30.3 Å². The summed E-state index contributed by atoms with van der Waals surface area (Å²) in [4.78, 5) is 25.4. The largest absolute Gasteiger partial charge is 0.359 e. The Morgan fingerprint density at radius 3 is 2.43 bits per heavy atom. The van der Waals surface area contributed by atoms with Crippen molar-refractivity contribution < 1.29 is 4.79 Å². The van der Waals surface area contributed by atoms with Gasteiger partial charge in [-0.05, 0) is 48.7 Å². The van der Waals surface area contributed by atoms with Gasteiger partial charge in [-0.25, -0.2) is 4.98 Å². The van der Waals surface area contributed by atoms with Gasteiger partial charge in [-0.15, -0.1) is 0 Å². The topological polar surface area (TPSA) is 49.3 Å². The summed E-state index contributed by atoms with van der Waals surface area (Å²) in [7, 11) is 2.00. The van der Waals surface area contributed by atoms with Gasteiger partial charge in [0, 0.05) is 50.8 Å². The first-order valence-electron chi connectivity index (χ1n) is 9.56. The van der Waals surface area contributed by atoms with Gasteiger partial charge in [0.1, 0.15) is 5.82 Å². The Balaban J connectivity index is 1.67. The first kappa shape index (κ1) is 19.5. The van der Waals surface area contributed by atoms with E-state index in [-0.39, 0.29) is 5.91 Å². The second kappa shape index (κ2) is 9.65. The molecule has 0 unspecified atom stereocenters. The van der Waals surface area contributed by atoms with Crippen molar-refractivity contribution in [1.29, 1.82) is 0 Å². The third kappa shape index (κ3) is 5.16. The summed E-state index contributed by atoms with van der Waals surface area (Å²) in [5, 5.41) is 0. The van der Waals surface area contributed by atoms with Gasteiger partial charge < -0.3 is 9.80 Å². The minimum absolute atomic E-state index is 0.0255. The number of likely N-dealkylation sites (N-methyl/N-ethyl adjacent to an activating group) is 1. The summed E-state index contributed by atoms with van der Waals surface area (Å²) in [6.45, 7) is 4.08. The van der Waals surface area contributed by atoms with Gasteiger partial charge in [0.05, 0.1) is 0 Å². The Morgan fingerprint density at radius 1 is 0.964 bits per heavy atom. The Bertz CT molecular complexity index is 883. The zero-order valence-corrected chi connectivity index (χ0v) is 16.5. The van der Waals surface area contributed by atoms with E-state index >= 15 is 0 Å². The van der Waals surface area contributed by atoms with Gasteiger partial charge in [0.2, 0.25) is 0 Å². The second-order valence-corrected chi connectivity index (χ2v) is 6.73. The Kier molecular flexibility index (Phi) is 6.73. The van der Waals surface area contributed by atoms with Crippen molar-refractivity contribution in [1.82, 2.24) is 14.9 Å². The number of hydrogen-bond acceptors (Lipinski definition) is 4. The molecule has 5 nitrogen and oxygen atoms in total. The summed E-state index contributed by atoms with van der Waals surface area (Å²) in [6.07, 6.45) is 6.22. The van der Waals surface area contributed by atoms with Crippen LogP contribution in [0.15, 0.2) is 73.2 Å². The molecule has 0 fully saturated rings. The van der Waals surface area contributed by atoms with Crippen molar-refractivity contribution in [2.24, 2.45) is 0 Å². The van der Waals surface area contributed by atoms with Gasteiger partial charge in [-0.2, -0.15) is 0 Å². The number of carbonyl (C=O) groups excluding carboxylic acids is 1. The Hall–Kier alpha value is -3.21. The van der Waals surface area contributed by atoms with Crippen LogP contribution in [0.2, 0.25) is 0 Å². The molecule has 0 saturated heterocycles. The number of anilines is 1. The lowest BCUT2D eigenvalue weighted by atomic mass is 10.1. The average molecular weight is 374 g/mol. The highest BCUT2D eigenvalue weighted by atomic mass is 16.2. The first-order valence-corrected chi connectivity index (χ1v) is 9.56. The number of hydrogen-bond donors (Lipinski definition) is 0. The normalized spacial score (nSPS) is 10.5. The molecule has 2 aromatic heterocycles. The summed E-state index contributed by atoms with van der Waals surface area (Å²) < 4.78 is 0. The molecule has 0 bridgehead atoms. The predicted octanol–water partition coefficient (Wildman–Crippen LogP) is 3.82. The molecule has 3 aromatic rings. The SMILES string of the molecule is CCN(Cc1ccccc1)C(=O)c1ccnc(N(C)CCc2ccncc2)c1. The van der Waals surface area contributed by atoms with Gasteiger partial charge >= 0.3 is 0 Å². The van der Waals surface area contributed by atoms with E-state index in [0.29, 0.717) is 18.7 Å². The summed E-state index contributed by atoms with van der Waals surface area (Å²) >= 11 is 0. The molecule has 0 aliphatic rings. The van der Waals surface area contributed by atoms with Crippen LogP contribution in [0, 0.1) is 0 Å². The molecule has 28 heavy (non-hydrogen) atoms. The molecule has 0 saturated carbocycles. The number of benzene rings is 1. The molecule has 144 valence electrons. The van der Waals surface area contributed by atoms with Crippen molar-refractivity contribution in [3.63, 3.8) is 0 Å². The number of nitrogens with zero attached hydrogens (tertiary/aromatic N) is 4. The van der Waals surface area contributed by atoms with Crippen molar-refractivity contribution in [2.75, 3.05) is 25.0 Å². The van der Waals surface area contributed by atoms with Crippen molar-refractivity contribution in [3.8, 4) is 0 Å². The van der Waals surface area contributed by atoms with E-state index in [9.17, 15) is 4.79 Å². The second-order valence-electron chi connectivity index (χ2n) is 6.73. The zero-order chi connectivity index (χ0) is 19.8. The molecule has 5 heteroatoms. The van der Waals surface area contributed by atoms with Crippen LogP contribution in [0.3, 0.4) is 0 Å². The molecule has 0 radical (unpaired) electrons. The lowest BCUT2D eigenvalue weighted by Crippen LogP contribution is -2.30. The summed E-state index contributed by atoms with van der Waals surface area (Å²) in [5.41, 5.74) is 3.02. The Labute approximate surface area is 166 Å². The van der Waals surface area contributed by atoms with E-state index in [1.54, 1.807) is 24.7 Å². The van der Waals surface area contributed by atoms with Crippen LogP contribution >= 0.6 is 0 Å². The number of amides is 1. The van der Waals surface area contributed by atoms with Gasteiger partial charge in [0.15, 0.2) is 0 Å². The van der Waals surface area contributed by atoms with Crippen LogP contribution in [0.25, 0.3) is 0 Å². The fourth-order valence-electron chi connectivity index (χ4n) is 3.03. The molecule has 0 atom stereocenters. The Morgan fingerprint density at radius 2 is 1.71 bits per heavy atom. The third-order valence-corrected chi connectivity index (χ3v) is 4.75. The molecule has 1 amide bonds. The van der Waals surface area contributed by atoms with E-state index in [0.717, 1.165) is 24.3 Å². The van der Waals surface area contributed by atoms with Crippen molar-refractivity contribution in [2.45, 2.75) is 19.9 Å². The molecule has 3 rings (SSSR count). The molecule has 0 spiro atoms. The van der Waals surface area contributed by atoms with E-state index in [4.69, 9.17) is 0 Å². The van der Waals surface area contributed by atoms with E-state index in [1.165, 1.54) is 5.56 Å². The van der Waals surface area contributed by atoms with E-state index in [2.05, 4.69) is 14.9 Å².